The molecule has 9 rings (SSSR count). The summed E-state index contributed by atoms with van der Waals surface area (Å²) in [6.07, 6.45) is 12.5. The molecule has 446 valence electrons. The second kappa shape index (κ2) is 28.4. The van der Waals surface area contributed by atoms with Crippen molar-refractivity contribution in [3.8, 4) is 0 Å². The van der Waals surface area contributed by atoms with Crippen LogP contribution in [-0.2, 0) is 4.57 Å². The summed E-state index contributed by atoms with van der Waals surface area (Å²) in [5.74, 6) is 0. The molecule has 0 bridgehead atoms. The monoisotopic (exact) mass is 1290 g/mol. The molecule has 0 atom stereocenters. The molecular weight excluding hydrogens is 1220 g/mol. The highest BCUT2D eigenvalue weighted by Gasteiger charge is 2.26. The van der Waals surface area contributed by atoms with Crippen molar-refractivity contribution in [1.29, 1.82) is 0 Å². The van der Waals surface area contributed by atoms with Gasteiger partial charge in [0.1, 0.15) is 0 Å². The number of rotatable bonds is 6. The zero-order chi connectivity index (χ0) is 64.1. The topological polar surface area (TPSA) is 241 Å². The fourth-order valence-corrected chi connectivity index (χ4v) is 12.0. The van der Waals surface area contributed by atoms with Crippen molar-refractivity contribution >= 4 is 128 Å². The first-order chi connectivity index (χ1) is 40.1. The summed E-state index contributed by atoms with van der Waals surface area (Å²) in [6.45, 7) is 24.1. The quantitative estimate of drug-likeness (QED) is 0.0695. The summed E-state index contributed by atoms with van der Waals surface area (Å²) in [5, 5.41) is 22.2. The number of halogens is 6. The van der Waals surface area contributed by atoms with Gasteiger partial charge >= 0.3 is 0 Å². The number of benzene rings is 6. The SMILES string of the molecule is CC1=CC(=C(c2cc(C)c(N)c(C)c2)c2c(Cl)cccc2Cl)C=C(C)C1=[NH2+].CC1=CC(=C(c2cc(C)c(N)c(C)c2)c2c(Cl)cccc2Cl)C=C(C)C1=[NH2+].CC1=CC(=C(c2cc(C)c(N)c(C)c2)c2c(Cl)cccc2Cl)C=C(C)C1=[NH2+].O=P([O-])([O-])[O-]. The predicted octanol–water partition coefficient (Wildman–Crippen LogP) is 12.5. The highest BCUT2D eigenvalue weighted by atomic mass is 35.5. The summed E-state index contributed by atoms with van der Waals surface area (Å²) in [4.78, 5) is 25.6. The van der Waals surface area contributed by atoms with E-state index in [1.807, 2.05) is 138 Å². The van der Waals surface area contributed by atoms with Crippen LogP contribution in [0.15, 0.2) is 178 Å². The zero-order valence-corrected chi connectivity index (χ0v) is 55.4. The Bertz CT molecular complexity index is 3570. The van der Waals surface area contributed by atoms with Crippen molar-refractivity contribution in [2.75, 3.05) is 17.2 Å². The summed E-state index contributed by atoms with van der Waals surface area (Å²) in [5.41, 5.74) is 47.1. The molecule has 12 N–H and O–H groups in total. The fraction of sp³-hybridized carbons (Fsp3) is 0.174. The Morgan fingerprint density at radius 1 is 0.349 bits per heavy atom. The number of nitrogen functional groups attached to an aromatic ring is 3. The molecule has 0 heterocycles. The molecule has 0 saturated carbocycles. The van der Waals surface area contributed by atoms with Crippen LogP contribution in [0.25, 0.3) is 16.7 Å². The molecular formula is C69H69Cl6N6O4P. The minimum Gasteiger partial charge on any atom is -0.822 e. The van der Waals surface area contributed by atoms with E-state index >= 15 is 0 Å². The molecule has 6 aromatic carbocycles. The first-order valence-electron chi connectivity index (χ1n) is 27.0. The summed E-state index contributed by atoms with van der Waals surface area (Å²) in [6, 6.07) is 29.2. The van der Waals surface area contributed by atoms with Gasteiger partial charge in [-0.1, -0.05) is 87.8 Å². The Morgan fingerprint density at radius 3 is 0.651 bits per heavy atom. The molecule has 3 aliphatic rings. The number of hydrogen-bond donors (Lipinski definition) is 6. The molecule has 0 fully saturated rings. The summed E-state index contributed by atoms with van der Waals surface area (Å²) < 4.78 is 8.55. The number of allylic oxidation sites excluding steroid dienone is 15. The highest BCUT2D eigenvalue weighted by molar-refractivity contribution is 7.40. The third-order valence-electron chi connectivity index (χ3n) is 14.9. The molecule has 0 aromatic heterocycles. The zero-order valence-electron chi connectivity index (χ0n) is 49.9. The third kappa shape index (κ3) is 16.1. The van der Waals surface area contributed by atoms with Crippen molar-refractivity contribution in [3.63, 3.8) is 0 Å². The molecule has 0 saturated heterocycles. The van der Waals surface area contributed by atoms with E-state index in [2.05, 4.69) is 72.9 Å². The van der Waals surface area contributed by atoms with Crippen LogP contribution in [0.3, 0.4) is 0 Å². The van der Waals surface area contributed by atoms with Gasteiger partial charge in [0.05, 0.1) is 0 Å². The van der Waals surface area contributed by atoms with Crippen LogP contribution in [0.5, 0.6) is 0 Å². The van der Waals surface area contributed by atoms with Crippen molar-refractivity contribution in [2.24, 2.45) is 0 Å². The van der Waals surface area contributed by atoms with Crippen molar-refractivity contribution in [1.82, 2.24) is 0 Å². The van der Waals surface area contributed by atoms with E-state index < -0.39 is 7.82 Å². The van der Waals surface area contributed by atoms with Crippen LogP contribution in [-0.4, -0.2) is 17.1 Å². The van der Waals surface area contributed by atoms with Crippen LogP contribution in [0.1, 0.15) is 108 Å². The minimum absolute atomic E-state index is 0.608. The van der Waals surface area contributed by atoms with Gasteiger partial charge < -0.3 is 36.4 Å². The second-order valence-corrected chi connectivity index (χ2v) is 24.8. The average molecular weight is 1290 g/mol. The molecule has 0 radical (unpaired) electrons. The lowest BCUT2D eigenvalue weighted by Crippen LogP contribution is -2.41. The van der Waals surface area contributed by atoms with E-state index in [9.17, 15) is 0 Å². The first kappa shape index (κ1) is 68.4. The average Bonchev–Trinajstić information content (AvgIpc) is 1.97. The standard InChI is InChI=1S/3C23H22Cl2N2.H3O4P/c3*1-12-8-16(9-13(2)22(12)26)20(21-18(24)6-5-7-19(21)25)17-10-14(3)23(27)15(4)11-17;1-5(2,3)4/h3*5-11,26H,27H2,1-4H3;(H3,1,2,3,4). The molecule has 6 aromatic rings. The number of nitrogens with two attached hydrogens (primary N) is 6. The van der Waals surface area contributed by atoms with Crippen LogP contribution in [0.4, 0.5) is 17.1 Å². The summed E-state index contributed by atoms with van der Waals surface area (Å²) >= 11 is 39.5. The smallest absolute Gasteiger partial charge is 0.202 e. The van der Waals surface area contributed by atoms with Crippen LogP contribution >= 0.6 is 77.4 Å². The predicted molar refractivity (Wildman–Crippen MR) is 359 cm³/mol. The molecule has 0 amide bonds. The first-order valence-corrected chi connectivity index (χ1v) is 30.7. The molecule has 3 aliphatic carbocycles. The number of aryl methyl sites for hydroxylation is 6. The van der Waals surface area contributed by atoms with E-state index in [0.29, 0.717) is 30.1 Å². The van der Waals surface area contributed by atoms with Gasteiger partial charge in [0.2, 0.25) is 17.1 Å². The Labute approximate surface area is 534 Å². The van der Waals surface area contributed by atoms with Gasteiger partial charge in [0, 0.05) is 97.3 Å². The van der Waals surface area contributed by atoms with Gasteiger partial charge in [0.15, 0.2) is 0 Å². The largest absolute Gasteiger partial charge is 0.822 e. The maximum atomic E-state index is 8.55. The van der Waals surface area contributed by atoms with E-state index in [4.69, 9.17) is 122 Å². The van der Waals surface area contributed by atoms with Crippen LogP contribution in [0, 0.1) is 41.5 Å². The third-order valence-corrected chi connectivity index (χ3v) is 16.8. The Balaban J connectivity index is 0.000000198. The van der Waals surface area contributed by atoms with E-state index in [1.54, 1.807) is 0 Å². The van der Waals surface area contributed by atoms with Crippen molar-refractivity contribution in [2.45, 2.75) is 83.1 Å². The van der Waals surface area contributed by atoms with Gasteiger partial charge in [-0.2, -0.15) is 7.82 Å². The molecule has 0 unspecified atom stereocenters. The van der Waals surface area contributed by atoms with Crippen LogP contribution in [0.2, 0.25) is 30.1 Å². The number of hydrogen-bond acceptors (Lipinski definition) is 7. The second-order valence-electron chi connectivity index (χ2n) is 21.5. The lowest BCUT2D eigenvalue weighted by molar-refractivity contribution is -0.432. The van der Waals surface area contributed by atoms with Crippen LogP contribution < -0.4 is 48.1 Å². The van der Waals surface area contributed by atoms with Crippen molar-refractivity contribution < 1.29 is 35.5 Å². The molecule has 10 nitrogen and oxygen atoms in total. The van der Waals surface area contributed by atoms with E-state index in [-0.39, 0.29) is 0 Å². The van der Waals surface area contributed by atoms with Gasteiger partial charge in [-0.25, -0.2) is 0 Å². The highest BCUT2D eigenvalue weighted by Crippen LogP contribution is 2.44. The molecule has 86 heavy (non-hydrogen) atoms. The van der Waals surface area contributed by atoms with Gasteiger partial charge in [-0.3, -0.25) is 16.2 Å². The molecule has 17 heteroatoms. The summed E-state index contributed by atoms with van der Waals surface area (Å²) in [7, 11) is -5.39. The molecule has 0 spiro atoms. The fourth-order valence-electron chi connectivity index (χ4n) is 10.3. The van der Waals surface area contributed by atoms with Gasteiger partial charge in [-0.05, 0) is 276 Å². The maximum Gasteiger partial charge on any atom is 0.202 e. The number of anilines is 3. The number of phosphoric acid groups is 1. The van der Waals surface area contributed by atoms with E-state index in [1.165, 1.54) is 0 Å². The van der Waals surface area contributed by atoms with E-state index in [0.717, 1.165) is 168 Å². The van der Waals surface area contributed by atoms with Crippen molar-refractivity contribution in [3.05, 3.63) is 275 Å². The van der Waals surface area contributed by atoms with Gasteiger partial charge in [-0.15, -0.1) is 0 Å². The minimum atomic E-state index is -5.39. The molecule has 0 aliphatic heterocycles. The lowest BCUT2D eigenvalue weighted by Gasteiger charge is -2.36. The Morgan fingerprint density at radius 2 is 0.500 bits per heavy atom. The lowest BCUT2D eigenvalue weighted by atomic mass is 9.85. The Hall–Kier alpha value is -6.76. The Kier molecular flexibility index (Phi) is 22.6. The maximum absolute atomic E-state index is 8.55. The normalized spacial score (nSPS) is 14.0. The van der Waals surface area contributed by atoms with Gasteiger partial charge in [0.25, 0.3) is 0 Å².